The second-order valence-corrected chi connectivity index (χ2v) is 7.76. The van der Waals surface area contributed by atoms with Gasteiger partial charge in [0.25, 0.3) is 0 Å². The van der Waals surface area contributed by atoms with E-state index in [-0.39, 0.29) is 10.9 Å². The van der Waals surface area contributed by atoms with Crippen molar-refractivity contribution in [3.63, 3.8) is 0 Å². The minimum atomic E-state index is -3.54. The fourth-order valence-electron chi connectivity index (χ4n) is 3.09. The van der Waals surface area contributed by atoms with E-state index in [4.69, 9.17) is 9.47 Å². The number of sulfonamides is 1. The van der Waals surface area contributed by atoms with E-state index in [1.54, 1.807) is 29.1 Å². The van der Waals surface area contributed by atoms with Crippen molar-refractivity contribution in [1.29, 1.82) is 0 Å². The number of hydrogen-bond donors (Lipinski definition) is 0. The average molecular weight is 350 g/mol. The third-order valence-corrected chi connectivity index (χ3v) is 6.28. The molecule has 8 nitrogen and oxygen atoms in total. The van der Waals surface area contributed by atoms with Gasteiger partial charge in [-0.1, -0.05) is 5.21 Å². The maximum Gasteiger partial charge on any atom is 0.243 e. The molecule has 1 aromatic heterocycles. The molecule has 3 heterocycles. The van der Waals surface area contributed by atoms with Crippen LogP contribution in [-0.2, 0) is 10.0 Å². The van der Waals surface area contributed by atoms with E-state index in [9.17, 15) is 8.42 Å². The summed E-state index contributed by atoms with van der Waals surface area (Å²) in [7, 11) is -3.54. The Morgan fingerprint density at radius 2 is 1.83 bits per heavy atom. The van der Waals surface area contributed by atoms with Crippen LogP contribution in [0.1, 0.15) is 18.9 Å². The zero-order valence-corrected chi connectivity index (χ0v) is 13.9. The molecule has 0 atom stereocenters. The highest BCUT2D eigenvalue weighted by molar-refractivity contribution is 7.89. The monoisotopic (exact) mass is 350 g/mol. The molecule has 0 amide bonds. The normalized spacial score (nSPS) is 19.3. The van der Waals surface area contributed by atoms with Gasteiger partial charge in [-0.3, -0.25) is 0 Å². The molecule has 2 aliphatic rings. The van der Waals surface area contributed by atoms with Crippen molar-refractivity contribution >= 4 is 10.0 Å². The van der Waals surface area contributed by atoms with Crippen LogP contribution in [0.2, 0.25) is 0 Å². The molecule has 128 valence electrons. The number of hydrogen-bond acceptors (Lipinski definition) is 6. The fourth-order valence-corrected chi connectivity index (χ4v) is 4.58. The summed E-state index contributed by atoms with van der Waals surface area (Å²) in [6, 6.07) is 4.97. The van der Waals surface area contributed by atoms with Crippen molar-refractivity contribution < 1.29 is 17.9 Å². The zero-order chi connectivity index (χ0) is 16.6. The molecule has 2 aromatic rings. The predicted molar refractivity (Wildman–Crippen MR) is 84.5 cm³/mol. The summed E-state index contributed by atoms with van der Waals surface area (Å²) in [5, 5.41) is 7.81. The van der Waals surface area contributed by atoms with Crippen molar-refractivity contribution in [1.82, 2.24) is 19.3 Å². The fraction of sp³-hybridized carbons (Fsp3) is 0.467. The number of benzene rings is 1. The van der Waals surface area contributed by atoms with Crippen molar-refractivity contribution in [2.75, 3.05) is 26.3 Å². The van der Waals surface area contributed by atoms with Gasteiger partial charge in [0, 0.05) is 25.4 Å². The third kappa shape index (κ3) is 2.73. The average Bonchev–Trinajstić information content (AvgIpc) is 3.16. The van der Waals surface area contributed by atoms with Crippen LogP contribution < -0.4 is 9.47 Å². The summed E-state index contributed by atoms with van der Waals surface area (Å²) in [4.78, 5) is 0.242. The van der Waals surface area contributed by atoms with Crippen molar-refractivity contribution in [2.24, 2.45) is 0 Å². The molecule has 0 N–H and O–H groups in total. The summed E-state index contributed by atoms with van der Waals surface area (Å²) in [5.74, 6) is 1.07. The molecule has 0 aliphatic carbocycles. The summed E-state index contributed by atoms with van der Waals surface area (Å²) in [5.41, 5.74) is 0. The van der Waals surface area contributed by atoms with Crippen LogP contribution in [0.4, 0.5) is 0 Å². The van der Waals surface area contributed by atoms with Crippen LogP contribution >= 0.6 is 0 Å². The van der Waals surface area contributed by atoms with Gasteiger partial charge < -0.3 is 9.47 Å². The molecule has 0 radical (unpaired) electrons. The Labute approximate surface area is 140 Å². The molecule has 0 unspecified atom stereocenters. The number of nitrogens with zero attached hydrogens (tertiary/aromatic N) is 4. The molecule has 1 saturated heterocycles. The van der Waals surface area contributed by atoms with E-state index in [1.165, 1.54) is 4.31 Å². The highest BCUT2D eigenvalue weighted by Gasteiger charge is 2.31. The largest absolute Gasteiger partial charge is 0.486 e. The Morgan fingerprint density at radius 3 is 2.54 bits per heavy atom. The van der Waals surface area contributed by atoms with E-state index in [0.717, 1.165) is 0 Å². The maximum absolute atomic E-state index is 12.9. The Bertz CT molecular complexity index is 814. The molecule has 4 rings (SSSR count). The second kappa shape index (κ2) is 6.06. The molecule has 9 heteroatoms. The van der Waals surface area contributed by atoms with Gasteiger partial charge in [-0.25, -0.2) is 13.1 Å². The predicted octanol–water partition coefficient (Wildman–Crippen LogP) is 1.08. The lowest BCUT2D eigenvalue weighted by atomic mass is 10.1. The molecule has 2 aliphatic heterocycles. The van der Waals surface area contributed by atoms with Crippen molar-refractivity contribution in [3.8, 4) is 11.5 Å². The van der Waals surface area contributed by atoms with Gasteiger partial charge >= 0.3 is 0 Å². The molecule has 0 bridgehead atoms. The standard InChI is InChI=1S/C15H18N4O4S/c20-24(21,13-1-2-14-15(11-13)23-10-9-22-14)18-6-3-12(4-7-18)19-8-5-16-17-19/h1-2,5,8,11-12H,3-4,6-7,9-10H2. The molecule has 1 aromatic carbocycles. The van der Waals surface area contributed by atoms with Crippen LogP contribution in [0.25, 0.3) is 0 Å². The first-order valence-electron chi connectivity index (χ1n) is 7.90. The Kier molecular flexibility index (Phi) is 3.89. The quantitative estimate of drug-likeness (QED) is 0.823. The number of piperidine rings is 1. The molecular weight excluding hydrogens is 332 g/mol. The van der Waals surface area contributed by atoms with Gasteiger partial charge in [-0.05, 0) is 25.0 Å². The lowest BCUT2D eigenvalue weighted by molar-refractivity contribution is 0.171. The van der Waals surface area contributed by atoms with Crippen LogP contribution in [0.3, 0.4) is 0 Å². The number of rotatable bonds is 3. The SMILES string of the molecule is O=S(=O)(c1ccc2c(c1)OCCO2)N1CCC(n2ccnn2)CC1. The van der Waals surface area contributed by atoms with Crippen LogP contribution in [0.15, 0.2) is 35.5 Å². The summed E-state index contributed by atoms with van der Waals surface area (Å²) in [6.07, 6.45) is 4.88. The molecular formula is C15H18N4O4S. The van der Waals surface area contributed by atoms with Gasteiger partial charge in [-0.2, -0.15) is 4.31 Å². The third-order valence-electron chi connectivity index (χ3n) is 4.39. The first-order valence-corrected chi connectivity index (χ1v) is 9.34. The Morgan fingerprint density at radius 1 is 1.08 bits per heavy atom. The van der Waals surface area contributed by atoms with Gasteiger partial charge in [0.2, 0.25) is 10.0 Å². The van der Waals surface area contributed by atoms with E-state index in [1.807, 2.05) is 6.20 Å². The molecule has 0 spiro atoms. The van der Waals surface area contributed by atoms with E-state index in [2.05, 4.69) is 10.3 Å². The van der Waals surface area contributed by atoms with E-state index >= 15 is 0 Å². The van der Waals surface area contributed by atoms with E-state index in [0.29, 0.717) is 50.6 Å². The van der Waals surface area contributed by atoms with E-state index < -0.39 is 10.0 Å². The summed E-state index contributed by atoms with van der Waals surface area (Å²) >= 11 is 0. The Balaban J connectivity index is 1.51. The minimum absolute atomic E-state index is 0.194. The zero-order valence-electron chi connectivity index (χ0n) is 13.0. The summed E-state index contributed by atoms with van der Waals surface area (Å²) in [6.45, 7) is 1.83. The first kappa shape index (κ1) is 15.4. The van der Waals surface area contributed by atoms with Crippen molar-refractivity contribution in [2.45, 2.75) is 23.8 Å². The number of ether oxygens (including phenoxy) is 2. The first-order chi connectivity index (χ1) is 11.6. The van der Waals surface area contributed by atoms with Crippen LogP contribution in [0.5, 0.6) is 11.5 Å². The van der Waals surface area contributed by atoms with Gasteiger partial charge in [0.05, 0.1) is 17.1 Å². The summed E-state index contributed by atoms with van der Waals surface area (Å²) < 4.78 is 40.0. The smallest absolute Gasteiger partial charge is 0.243 e. The topological polar surface area (TPSA) is 86.6 Å². The molecule has 0 saturated carbocycles. The highest BCUT2D eigenvalue weighted by Crippen LogP contribution is 2.34. The van der Waals surface area contributed by atoms with Crippen molar-refractivity contribution in [3.05, 3.63) is 30.6 Å². The lowest BCUT2D eigenvalue weighted by Gasteiger charge is -2.31. The number of fused-ring (bicyclic) bond motifs is 1. The lowest BCUT2D eigenvalue weighted by Crippen LogP contribution is -2.39. The molecule has 24 heavy (non-hydrogen) atoms. The van der Waals surface area contributed by atoms with Crippen LogP contribution in [0, 0.1) is 0 Å². The van der Waals surface area contributed by atoms with Gasteiger partial charge in [0.15, 0.2) is 11.5 Å². The van der Waals surface area contributed by atoms with Gasteiger partial charge in [0.1, 0.15) is 13.2 Å². The van der Waals surface area contributed by atoms with Gasteiger partial charge in [-0.15, -0.1) is 5.10 Å². The Hall–Kier alpha value is -2.13. The highest BCUT2D eigenvalue weighted by atomic mass is 32.2. The molecule has 1 fully saturated rings. The minimum Gasteiger partial charge on any atom is -0.486 e. The number of aromatic nitrogens is 3. The maximum atomic E-state index is 12.9. The second-order valence-electron chi connectivity index (χ2n) is 5.82. The van der Waals surface area contributed by atoms with Crippen LogP contribution in [-0.4, -0.2) is 54.0 Å².